The summed E-state index contributed by atoms with van der Waals surface area (Å²) in [6.45, 7) is 1.32. The molecule has 2 aromatic carbocycles. The minimum absolute atomic E-state index is 0.0546. The van der Waals surface area contributed by atoms with E-state index >= 15 is 0 Å². The maximum absolute atomic E-state index is 13.3. The Bertz CT molecular complexity index is 1110. The van der Waals surface area contributed by atoms with E-state index < -0.39 is 52.6 Å². The molecule has 1 spiro atoms. The SMILES string of the molecule is CC(OCC1(c2ccccc2)CC[C@@]2(CN1)NC(=O)NC2=O)c1cc(C(F)(F)F)cc(C(F)(F)F)c1. The average molecular weight is 515 g/mol. The number of halogens is 6. The van der Waals surface area contributed by atoms with Crippen LogP contribution in [0.25, 0.3) is 0 Å². The lowest BCUT2D eigenvalue weighted by molar-refractivity contribution is -0.143. The number of imide groups is 1. The van der Waals surface area contributed by atoms with Crippen LogP contribution in [0.15, 0.2) is 48.5 Å². The molecule has 3 N–H and O–H groups in total. The monoisotopic (exact) mass is 515 g/mol. The average Bonchev–Trinajstić information content (AvgIpc) is 3.10. The topological polar surface area (TPSA) is 79.5 Å². The first-order valence-electron chi connectivity index (χ1n) is 11.1. The highest BCUT2D eigenvalue weighted by molar-refractivity contribution is 6.07. The number of hydrogen-bond acceptors (Lipinski definition) is 4. The molecule has 2 aromatic rings. The Labute approximate surface area is 202 Å². The van der Waals surface area contributed by atoms with E-state index in [1.807, 2.05) is 0 Å². The molecule has 0 bridgehead atoms. The fraction of sp³-hybridized carbons (Fsp3) is 0.417. The third-order valence-electron chi connectivity index (χ3n) is 6.71. The molecule has 3 amide bonds. The van der Waals surface area contributed by atoms with Gasteiger partial charge in [0.05, 0.1) is 29.4 Å². The van der Waals surface area contributed by atoms with Gasteiger partial charge in [-0.25, -0.2) is 4.79 Å². The third kappa shape index (κ3) is 5.05. The Morgan fingerprint density at radius 2 is 1.56 bits per heavy atom. The second-order valence-corrected chi connectivity index (χ2v) is 9.08. The van der Waals surface area contributed by atoms with E-state index in [-0.39, 0.29) is 31.2 Å². The zero-order chi connectivity index (χ0) is 26.4. The number of amides is 3. The number of carbonyl (C=O) groups excluding carboxylic acids is 2. The van der Waals surface area contributed by atoms with Crippen LogP contribution in [0, 0.1) is 0 Å². The first kappa shape index (κ1) is 26.0. The predicted molar refractivity (Wildman–Crippen MR) is 116 cm³/mol. The Morgan fingerprint density at radius 1 is 0.944 bits per heavy atom. The van der Waals surface area contributed by atoms with Crippen molar-refractivity contribution in [2.45, 2.75) is 49.3 Å². The van der Waals surface area contributed by atoms with Crippen LogP contribution >= 0.6 is 0 Å². The van der Waals surface area contributed by atoms with Crippen molar-refractivity contribution in [3.8, 4) is 0 Å². The first-order chi connectivity index (χ1) is 16.7. The highest BCUT2D eigenvalue weighted by Gasteiger charge is 2.52. The second kappa shape index (κ2) is 9.07. The molecule has 3 atom stereocenters. The lowest BCUT2D eigenvalue weighted by Crippen LogP contribution is -2.64. The van der Waals surface area contributed by atoms with Crippen molar-refractivity contribution in [3.05, 3.63) is 70.8 Å². The molecule has 0 radical (unpaired) electrons. The van der Waals surface area contributed by atoms with Gasteiger partial charge in [-0.3, -0.25) is 10.1 Å². The smallest absolute Gasteiger partial charge is 0.372 e. The van der Waals surface area contributed by atoms with Crippen LogP contribution in [0.1, 0.15) is 48.1 Å². The molecule has 2 fully saturated rings. The van der Waals surface area contributed by atoms with Crippen molar-refractivity contribution in [1.29, 1.82) is 0 Å². The van der Waals surface area contributed by atoms with Crippen LogP contribution < -0.4 is 16.0 Å². The Kier molecular flexibility index (Phi) is 6.54. The van der Waals surface area contributed by atoms with Crippen LogP contribution in [-0.2, 0) is 27.4 Å². The summed E-state index contributed by atoms with van der Waals surface area (Å²) < 4.78 is 85.6. The number of piperidine rings is 1. The molecule has 36 heavy (non-hydrogen) atoms. The van der Waals surface area contributed by atoms with Gasteiger partial charge in [-0.05, 0) is 49.1 Å². The fourth-order valence-electron chi connectivity index (χ4n) is 4.54. The van der Waals surface area contributed by atoms with Crippen LogP contribution in [0.2, 0.25) is 0 Å². The molecule has 0 aliphatic carbocycles. The number of nitrogens with one attached hydrogen (secondary N) is 3. The predicted octanol–water partition coefficient (Wildman–Crippen LogP) is 4.66. The molecular formula is C24H23F6N3O3. The van der Waals surface area contributed by atoms with Gasteiger partial charge in [0.25, 0.3) is 5.91 Å². The summed E-state index contributed by atoms with van der Waals surface area (Å²) in [7, 11) is 0. The lowest BCUT2D eigenvalue weighted by atomic mass is 9.76. The van der Waals surface area contributed by atoms with Crippen molar-refractivity contribution in [2.24, 2.45) is 0 Å². The minimum atomic E-state index is -4.97. The molecular weight excluding hydrogens is 492 g/mol. The van der Waals surface area contributed by atoms with E-state index in [4.69, 9.17) is 4.74 Å². The molecule has 4 rings (SSSR count). The van der Waals surface area contributed by atoms with Crippen molar-refractivity contribution in [2.75, 3.05) is 13.2 Å². The van der Waals surface area contributed by atoms with Gasteiger partial charge in [-0.1, -0.05) is 30.3 Å². The van der Waals surface area contributed by atoms with Crippen molar-refractivity contribution >= 4 is 11.9 Å². The summed E-state index contributed by atoms with van der Waals surface area (Å²) in [6.07, 6.45) is -10.5. The standard InChI is InChI=1S/C24H23F6N3O3/c1-14(15-9-17(23(25,26)27)11-18(10-15)24(28,29)30)36-13-22(16-5-3-2-4-6-16)8-7-21(12-31-22)19(34)32-20(35)33-21/h2-6,9-11,14,31H,7-8,12-13H2,1H3,(H2,32,33,34,35)/t14?,21-,22?/m0/s1. The summed E-state index contributed by atoms with van der Waals surface area (Å²) in [5.41, 5.74) is -4.39. The quantitative estimate of drug-likeness (QED) is 0.400. The number of urea groups is 1. The number of alkyl halides is 6. The molecule has 194 valence electrons. The van der Waals surface area contributed by atoms with E-state index in [0.29, 0.717) is 18.6 Å². The van der Waals surface area contributed by atoms with Gasteiger partial charge < -0.3 is 15.4 Å². The van der Waals surface area contributed by atoms with Gasteiger partial charge in [-0.15, -0.1) is 0 Å². The summed E-state index contributed by atoms with van der Waals surface area (Å²) >= 11 is 0. The van der Waals surface area contributed by atoms with E-state index in [0.717, 1.165) is 5.56 Å². The van der Waals surface area contributed by atoms with Gasteiger partial charge >= 0.3 is 18.4 Å². The van der Waals surface area contributed by atoms with Crippen molar-refractivity contribution in [1.82, 2.24) is 16.0 Å². The molecule has 2 aliphatic heterocycles. The number of benzene rings is 2. The Morgan fingerprint density at radius 3 is 2.03 bits per heavy atom. The van der Waals surface area contributed by atoms with E-state index in [2.05, 4.69) is 16.0 Å². The van der Waals surface area contributed by atoms with Gasteiger partial charge in [0.2, 0.25) is 0 Å². The first-order valence-corrected chi connectivity index (χ1v) is 11.1. The summed E-state index contributed by atoms with van der Waals surface area (Å²) in [6, 6.07) is 9.72. The zero-order valence-electron chi connectivity index (χ0n) is 19.0. The summed E-state index contributed by atoms with van der Waals surface area (Å²) in [5, 5.41) is 8.08. The maximum atomic E-state index is 13.3. The zero-order valence-corrected chi connectivity index (χ0v) is 19.0. The van der Waals surface area contributed by atoms with Gasteiger partial charge in [0.15, 0.2) is 0 Å². The molecule has 0 saturated carbocycles. The van der Waals surface area contributed by atoms with E-state index in [9.17, 15) is 35.9 Å². The van der Waals surface area contributed by atoms with Crippen molar-refractivity contribution in [3.63, 3.8) is 0 Å². The highest BCUT2D eigenvalue weighted by atomic mass is 19.4. The third-order valence-corrected chi connectivity index (χ3v) is 6.71. The van der Waals surface area contributed by atoms with Crippen LogP contribution in [-0.4, -0.2) is 30.6 Å². The molecule has 6 nitrogen and oxygen atoms in total. The number of hydrogen-bond donors (Lipinski definition) is 3. The lowest BCUT2D eigenvalue weighted by Gasteiger charge is -2.45. The number of rotatable bonds is 5. The number of carbonyl (C=O) groups is 2. The molecule has 2 heterocycles. The second-order valence-electron chi connectivity index (χ2n) is 9.08. The minimum Gasteiger partial charge on any atom is -0.372 e. The summed E-state index contributed by atoms with van der Waals surface area (Å²) in [5.74, 6) is -0.473. The van der Waals surface area contributed by atoms with Crippen LogP contribution in [0.3, 0.4) is 0 Å². The Hall–Kier alpha value is -3.12. The van der Waals surface area contributed by atoms with Crippen LogP contribution in [0.5, 0.6) is 0 Å². The molecule has 12 heteroatoms. The molecule has 2 saturated heterocycles. The maximum Gasteiger partial charge on any atom is 0.416 e. The summed E-state index contributed by atoms with van der Waals surface area (Å²) in [4.78, 5) is 24.0. The van der Waals surface area contributed by atoms with Gasteiger partial charge in [-0.2, -0.15) is 26.3 Å². The molecule has 2 unspecified atom stereocenters. The van der Waals surface area contributed by atoms with E-state index in [1.54, 1.807) is 30.3 Å². The molecule has 2 aliphatic rings. The molecule has 0 aromatic heterocycles. The van der Waals surface area contributed by atoms with E-state index in [1.165, 1.54) is 6.92 Å². The van der Waals surface area contributed by atoms with Crippen LogP contribution in [0.4, 0.5) is 31.1 Å². The van der Waals surface area contributed by atoms with Gasteiger partial charge in [0, 0.05) is 6.54 Å². The Balaban J connectivity index is 1.59. The number of ether oxygens (including phenoxy) is 1. The highest BCUT2D eigenvalue weighted by Crippen LogP contribution is 2.40. The van der Waals surface area contributed by atoms with Gasteiger partial charge in [0.1, 0.15) is 5.54 Å². The largest absolute Gasteiger partial charge is 0.416 e. The fourth-order valence-corrected chi connectivity index (χ4v) is 4.54. The normalized spacial score (nSPS) is 25.5. The van der Waals surface area contributed by atoms with Crippen molar-refractivity contribution < 1.29 is 40.7 Å².